The maximum Gasteiger partial charge on any atom is 0.340 e. The van der Waals surface area contributed by atoms with Crippen molar-refractivity contribution in [3.8, 4) is 0 Å². The molecule has 1 heterocycles. The Bertz CT molecular complexity index is 392. The summed E-state index contributed by atoms with van der Waals surface area (Å²) in [5.41, 5.74) is 0.00535. The Kier molecular flexibility index (Phi) is 1.83. The van der Waals surface area contributed by atoms with Crippen molar-refractivity contribution in [3.05, 3.63) is 34.9 Å². The van der Waals surface area contributed by atoms with Crippen LogP contribution in [0.1, 0.15) is 20.9 Å². The van der Waals surface area contributed by atoms with E-state index >= 15 is 0 Å². The fraction of sp³-hybridized carbons (Fsp3) is 0.125. The number of fused-ring (bicyclic) bond motifs is 1. The number of cyclic esters (lactones) is 1. The summed E-state index contributed by atoms with van der Waals surface area (Å²) in [4.78, 5) is 11.0. The van der Waals surface area contributed by atoms with Crippen LogP contribution in [0.3, 0.4) is 0 Å². The average Bonchev–Trinajstić information content (AvgIpc) is 2.27. The van der Waals surface area contributed by atoms with Crippen molar-refractivity contribution >= 4 is 21.9 Å². The first-order valence-corrected chi connectivity index (χ1v) is 4.35. The normalized spacial score (nSPS) is 19.9. The van der Waals surface area contributed by atoms with E-state index in [4.69, 9.17) is 0 Å². The van der Waals surface area contributed by atoms with Gasteiger partial charge in [0.05, 0.1) is 11.1 Å². The lowest BCUT2D eigenvalue weighted by molar-refractivity contribution is 0.0529. The first-order valence-electron chi connectivity index (χ1n) is 3.43. The van der Waals surface area contributed by atoms with Crippen molar-refractivity contribution in [2.24, 2.45) is 0 Å². The third-order valence-corrected chi connectivity index (χ3v) is 2.40. The number of rotatable bonds is 0. The summed E-state index contributed by atoms with van der Waals surface area (Å²) < 4.78 is 30.4. The number of alkyl halides is 1. The Morgan fingerprint density at radius 2 is 2.08 bits per heavy atom. The minimum absolute atomic E-state index is 0.0561. The largest absolute Gasteiger partial charge is 0.442 e. The summed E-state index contributed by atoms with van der Waals surface area (Å²) in [6.07, 6.45) is 0. The van der Waals surface area contributed by atoms with E-state index in [1.165, 1.54) is 0 Å². The van der Waals surface area contributed by atoms with E-state index in [0.717, 1.165) is 12.1 Å². The lowest BCUT2D eigenvalue weighted by Gasteiger charge is -2.00. The molecule has 13 heavy (non-hydrogen) atoms. The summed E-state index contributed by atoms with van der Waals surface area (Å²) in [5, 5.41) is -0.810. The zero-order chi connectivity index (χ0) is 9.59. The maximum absolute atomic E-state index is 13.1. The average molecular weight is 249 g/mol. The lowest BCUT2D eigenvalue weighted by atomic mass is 10.1. The Labute approximate surface area is 80.6 Å². The molecule has 0 N–H and O–H groups in total. The van der Waals surface area contributed by atoms with Crippen LogP contribution in [0.4, 0.5) is 8.78 Å². The van der Waals surface area contributed by atoms with Crippen LogP contribution < -0.4 is 0 Å². The molecule has 2 nitrogen and oxygen atoms in total. The standard InChI is InChI=1S/C8H3BrF2O2/c9-7-6-4(8(12)13-7)1-3(10)2-5(6)11/h1-2,7H/t7-/m1/s1. The van der Waals surface area contributed by atoms with Crippen LogP contribution in [0, 0.1) is 11.6 Å². The molecule has 1 aromatic rings. The molecule has 0 amide bonds. The molecule has 1 aliphatic rings. The van der Waals surface area contributed by atoms with Crippen LogP contribution in [0.25, 0.3) is 0 Å². The van der Waals surface area contributed by atoms with Gasteiger partial charge in [0.15, 0.2) is 5.01 Å². The van der Waals surface area contributed by atoms with Crippen molar-refractivity contribution in [1.29, 1.82) is 0 Å². The number of esters is 1. The molecule has 0 spiro atoms. The lowest BCUT2D eigenvalue weighted by Crippen LogP contribution is -1.95. The molecule has 2 rings (SSSR count). The second-order valence-corrected chi connectivity index (χ2v) is 3.40. The summed E-state index contributed by atoms with van der Waals surface area (Å²) in [6, 6.07) is 1.68. The molecular weight excluding hydrogens is 246 g/mol. The van der Waals surface area contributed by atoms with Gasteiger partial charge >= 0.3 is 5.97 Å². The molecule has 1 aliphatic heterocycles. The Hall–Kier alpha value is -0.970. The molecule has 5 heteroatoms. The molecule has 0 aromatic heterocycles. The molecule has 0 saturated heterocycles. The van der Waals surface area contributed by atoms with Crippen LogP contribution >= 0.6 is 15.9 Å². The Morgan fingerprint density at radius 3 is 2.77 bits per heavy atom. The van der Waals surface area contributed by atoms with Crippen molar-refractivity contribution in [3.63, 3.8) is 0 Å². The van der Waals surface area contributed by atoms with E-state index in [0.29, 0.717) is 0 Å². The third kappa shape index (κ3) is 1.23. The highest BCUT2D eigenvalue weighted by atomic mass is 79.9. The molecule has 1 aromatic carbocycles. The monoisotopic (exact) mass is 248 g/mol. The fourth-order valence-corrected chi connectivity index (χ4v) is 1.84. The first kappa shape index (κ1) is 8.62. The molecule has 1 atom stereocenters. The summed E-state index contributed by atoms with van der Waals surface area (Å²) in [7, 11) is 0. The van der Waals surface area contributed by atoms with E-state index < -0.39 is 22.6 Å². The second-order valence-electron chi connectivity index (χ2n) is 2.57. The number of halogens is 3. The fourth-order valence-electron chi connectivity index (χ4n) is 1.20. The smallest absolute Gasteiger partial charge is 0.340 e. The van der Waals surface area contributed by atoms with Crippen LogP contribution in [-0.4, -0.2) is 5.97 Å². The highest BCUT2D eigenvalue weighted by molar-refractivity contribution is 9.09. The van der Waals surface area contributed by atoms with Crippen LogP contribution in [-0.2, 0) is 4.74 Å². The van der Waals surface area contributed by atoms with Gasteiger partial charge in [0, 0.05) is 6.07 Å². The van der Waals surface area contributed by atoms with Crippen molar-refractivity contribution in [2.75, 3.05) is 0 Å². The van der Waals surface area contributed by atoms with Gasteiger partial charge in [-0.1, -0.05) is 0 Å². The van der Waals surface area contributed by atoms with Crippen molar-refractivity contribution < 1.29 is 18.3 Å². The predicted molar refractivity (Wildman–Crippen MR) is 43.4 cm³/mol. The maximum atomic E-state index is 13.1. The Morgan fingerprint density at radius 1 is 1.38 bits per heavy atom. The van der Waals surface area contributed by atoms with Crippen LogP contribution in [0.15, 0.2) is 12.1 Å². The number of hydrogen-bond acceptors (Lipinski definition) is 2. The second kappa shape index (κ2) is 2.77. The van der Waals surface area contributed by atoms with Gasteiger partial charge in [0.1, 0.15) is 11.6 Å². The number of benzene rings is 1. The highest BCUT2D eigenvalue weighted by Gasteiger charge is 2.32. The van der Waals surface area contributed by atoms with E-state index in [1.807, 2.05) is 0 Å². The van der Waals surface area contributed by atoms with Gasteiger partial charge in [-0.3, -0.25) is 0 Å². The van der Waals surface area contributed by atoms with E-state index in [2.05, 4.69) is 20.7 Å². The number of hydrogen-bond donors (Lipinski definition) is 0. The summed E-state index contributed by atoms with van der Waals surface area (Å²) >= 11 is 2.95. The molecule has 0 unspecified atom stereocenters. The molecule has 0 saturated carbocycles. The van der Waals surface area contributed by atoms with Gasteiger partial charge in [-0.25, -0.2) is 13.6 Å². The van der Waals surface area contributed by atoms with Gasteiger partial charge in [-0.05, 0) is 22.0 Å². The van der Waals surface area contributed by atoms with Gasteiger partial charge in [-0.15, -0.1) is 0 Å². The van der Waals surface area contributed by atoms with Crippen LogP contribution in [0.5, 0.6) is 0 Å². The minimum atomic E-state index is -0.810. The third-order valence-electron chi connectivity index (χ3n) is 1.75. The molecule has 68 valence electrons. The van der Waals surface area contributed by atoms with E-state index in [9.17, 15) is 13.6 Å². The number of ether oxygens (including phenoxy) is 1. The number of carbonyl (C=O) groups is 1. The van der Waals surface area contributed by atoms with Gasteiger partial charge in [-0.2, -0.15) is 0 Å². The molecular formula is C8H3BrF2O2. The molecule has 0 bridgehead atoms. The molecule has 0 radical (unpaired) electrons. The topological polar surface area (TPSA) is 26.3 Å². The highest BCUT2D eigenvalue weighted by Crippen LogP contribution is 2.37. The van der Waals surface area contributed by atoms with Crippen molar-refractivity contribution in [2.45, 2.75) is 5.01 Å². The number of carbonyl (C=O) groups excluding carboxylic acids is 1. The molecule has 0 aliphatic carbocycles. The minimum Gasteiger partial charge on any atom is -0.442 e. The van der Waals surface area contributed by atoms with Crippen molar-refractivity contribution in [1.82, 2.24) is 0 Å². The van der Waals surface area contributed by atoms with Gasteiger partial charge < -0.3 is 4.74 Å². The van der Waals surface area contributed by atoms with E-state index in [1.54, 1.807) is 0 Å². The summed E-state index contributed by atoms with van der Waals surface area (Å²) in [6.45, 7) is 0. The zero-order valence-corrected chi connectivity index (χ0v) is 7.77. The summed E-state index contributed by atoms with van der Waals surface area (Å²) in [5.74, 6) is -2.27. The van der Waals surface area contributed by atoms with Gasteiger partial charge in [0.25, 0.3) is 0 Å². The Balaban J connectivity index is 2.69. The zero-order valence-electron chi connectivity index (χ0n) is 6.18. The first-order chi connectivity index (χ1) is 6.09. The molecule has 0 fully saturated rings. The predicted octanol–water partition coefficient (Wildman–Crippen LogP) is 2.53. The quantitative estimate of drug-likeness (QED) is 0.521. The van der Waals surface area contributed by atoms with E-state index in [-0.39, 0.29) is 11.1 Å². The van der Waals surface area contributed by atoms with Gasteiger partial charge in [0.2, 0.25) is 0 Å². The van der Waals surface area contributed by atoms with Crippen LogP contribution in [0.2, 0.25) is 0 Å². The SMILES string of the molecule is O=C1O[C@@H](Br)c2c(F)cc(F)cc21.